The zero-order chi connectivity index (χ0) is 13.2. The van der Waals surface area contributed by atoms with E-state index in [0.717, 1.165) is 24.0 Å². The zero-order valence-electron chi connectivity index (χ0n) is 10.2. The molecule has 1 heterocycles. The van der Waals surface area contributed by atoms with Crippen LogP contribution in [0, 0.1) is 0 Å². The van der Waals surface area contributed by atoms with Crippen molar-refractivity contribution in [2.45, 2.75) is 18.9 Å². The van der Waals surface area contributed by atoms with E-state index in [2.05, 4.69) is 4.98 Å². The Morgan fingerprint density at radius 2 is 1.95 bits per heavy atom. The number of carboxylic acid groups (broad SMARTS) is 1. The Labute approximate surface area is 110 Å². The lowest BCUT2D eigenvalue weighted by molar-refractivity contribution is 0.0696. The van der Waals surface area contributed by atoms with Crippen LogP contribution in [0.1, 0.15) is 23.2 Å². The highest BCUT2D eigenvalue weighted by atomic mass is 16.5. The lowest BCUT2D eigenvalue weighted by atomic mass is 10.0. The first-order chi connectivity index (χ1) is 9.24. The average molecular weight is 255 g/mol. The van der Waals surface area contributed by atoms with Crippen LogP contribution < -0.4 is 4.74 Å². The van der Waals surface area contributed by atoms with Crippen LogP contribution in [0.4, 0.5) is 0 Å². The van der Waals surface area contributed by atoms with E-state index in [1.807, 2.05) is 12.1 Å². The summed E-state index contributed by atoms with van der Waals surface area (Å²) in [6.07, 6.45) is 5.72. The summed E-state index contributed by atoms with van der Waals surface area (Å²) < 4.78 is 5.82. The van der Waals surface area contributed by atoms with Gasteiger partial charge in [-0.3, -0.25) is 4.98 Å². The smallest absolute Gasteiger partial charge is 0.335 e. The van der Waals surface area contributed by atoms with E-state index in [4.69, 9.17) is 9.84 Å². The molecule has 0 unspecified atom stereocenters. The number of aromatic nitrogens is 1. The van der Waals surface area contributed by atoms with E-state index in [-0.39, 0.29) is 11.7 Å². The maximum absolute atomic E-state index is 11.0. The van der Waals surface area contributed by atoms with Crippen LogP contribution >= 0.6 is 0 Å². The number of nitrogens with zero attached hydrogens (tertiary/aromatic N) is 1. The standard InChI is InChI=1S/C15H13NO3/c17-15(18)11-1-4-13(10-5-7-16-8-6-10)14(9-11)19-12-2-3-12/h1,4-9,12H,2-3H2,(H,17,18). The van der Waals surface area contributed by atoms with E-state index in [0.29, 0.717) is 5.75 Å². The van der Waals surface area contributed by atoms with Crippen LogP contribution in [0.3, 0.4) is 0 Å². The van der Waals surface area contributed by atoms with Crippen molar-refractivity contribution in [1.82, 2.24) is 4.98 Å². The summed E-state index contributed by atoms with van der Waals surface area (Å²) in [5.74, 6) is -0.310. The van der Waals surface area contributed by atoms with E-state index < -0.39 is 5.97 Å². The summed E-state index contributed by atoms with van der Waals surface area (Å²) in [4.78, 5) is 15.0. The van der Waals surface area contributed by atoms with Crippen molar-refractivity contribution in [3.63, 3.8) is 0 Å². The molecule has 4 nitrogen and oxygen atoms in total. The Morgan fingerprint density at radius 3 is 2.58 bits per heavy atom. The Kier molecular flexibility index (Phi) is 2.91. The third kappa shape index (κ3) is 2.57. The number of ether oxygens (including phenoxy) is 1. The zero-order valence-corrected chi connectivity index (χ0v) is 10.2. The molecule has 1 aliphatic rings. The van der Waals surface area contributed by atoms with Gasteiger partial charge < -0.3 is 9.84 Å². The Bertz CT molecular complexity index is 606. The molecular weight excluding hydrogens is 242 g/mol. The van der Waals surface area contributed by atoms with Crippen molar-refractivity contribution < 1.29 is 14.6 Å². The third-order valence-electron chi connectivity index (χ3n) is 3.04. The van der Waals surface area contributed by atoms with Crippen molar-refractivity contribution in [3.05, 3.63) is 48.3 Å². The first kappa shape index (κ1) is 11.7. The second-order valence-electron chi connectivity index (χ2n) is 4.57. The van der Waals surface area contributed by atoms with E-state index in [9.17, 15) is 4.79 Å². The van der Waals surface area contributed by atoms with Crippen molar-refractivity contribution >= 4 is 5.97 Å². The molecule has 4 heteroatoms. The molecule has 1 aromatic heterocycles. The molecule has 0 radical (unpaired) electrons. The number of carbonyl (C=O) groups is 1. The molecule has 1 N–H and O–H groups in total. The maximum Gasteiger partial charge on any atom is 0.335 e. The van der Waals surface area contributed by atoms with Crippen molar-refractivity contribution in [2.24, 2.45) is 0 Å². The molecule has 3 rings (SSSR count). The van der Waals surface area contributed by atoms with Crippen LogP contribution in [0.5, 0.6) is 5.75 Å². The fourth-order valence-corrected chi connectivity index (χ4v) is 1.89. The molecule has 19 heavy (non-hydrogen) atoms. The first-order valence-electron chi connectivity index (χ1n) is 6.18. The largest absolute Gasteiger partial charge is 0.490 e. The second kappa shape index (κ2) is 4.72. The summed E-state index contributed by atoms with van der Waals surface area (Å²) >= 11 is 0. The molecule has 1 aliphatic carbocycles. The van der Waals surface area contributed by atoms with Gasteiger partial charge in [0.05, 0.1) is 11.7 Å². The lowest BCUT2D eigenvalue weighted by Crippen LogP contribution is -2.02. The fourth-order valence-electron chi connectivity index (χ4n) is 1.89. The third-order valence-corrected chi connectivity index (χ3v) is 3.04. The van der Waals surface area contributed by atoms with Gasteiger partial charge in [-0.05, 0) is 48.7 Å². The molecule has 0 saturated heterocycles. The Morgan fingerprint density at radius 1 is 1.21 bits per heavy atom. The molecule has 1 saturated carbocycles. The summed E-state index contributed by atoms with van der Waals surface area (Å²) in [5.41, 5.74) is 2.12. The lowest BCUT2D eigenvalue weighted by Gasteiger charge is -2.12. The number of pyridine rings is 1. The van der Waals surface area contributed by atoms with Gasteiger partial charge in [-0.2, -0.15) is 0 Å². The number of aromatic carboxylic acids is 1. The molecule has 1 fully saturated rings. The predicted molar refractivity (Wildman–Crippen MR) is 70.3 cm³/mol. The quantitative estimate of drug-likeness (QED) is 0.912. The summed E-state index contributed by atoms with van der Waals surface area (Å²) in [6, 6.07) is 8.75. The second-order valence-corrected chi connectivity index (χ2v) is 4.57. The number of benzene rings is 1. The SMILES string of the molecule is O=C(O)c1ccc(-c2ccncc2)c(OC2CC2)c1. The molecular formula is C15H13NO3. The predicted octanol–water partition coefficient (Wildman–Crippen LogP) is 2.99. The van der Waals surface area contributed by atoms with Gasteiger partial charge in [-0.1, -0.05) is 0 Å². The molecule has 2 aromatic rings. The number of hydrogen-bond donors (Lipinski definition) is 1. The molecule has 0 aliphatic heterocycles. The monoisotopic (exact) mass is 255 g/mol. The topological polar surface area (TPSA) is 59.4 Å². The van der Waals surface area contributed by atoms with Crippen LogP contribution in [-0.4, -0.2) is 22.2 Å². The Balaban J connectivity index is 2.04. The maximum atomic E-state index is 11.0. The highest BCUT2D eigenvalue weighted by Crippen LogP contribution is 2.35. The first-order valence-corrected chi connectivity index (χ1v) is 6.18. The normalized spacial score (nSPS) is 14.1. The van der Waals surface area contributed by atoms with Gasteiger partial charge in [0.2, 0.25) is 0 Å². The van der Waals surface area contributed by atoms with Crippen LogP contribution in [0.15, 0.2) is 42.7 Å². The van der Waals surface area contributed by atoms with Crippen LogP contribution in [-0.2, 0) is 0 Å². The van der Waals surface area contributed by atoms with E-state index in [1.54, 1.807) is 30.6 Å². The minimum atomic E-state index is -0.943. The highest BCUT2D eigenvalue weighted by molar-refractivity contribution is 5.89. The van der Waals surface area contributed by atoms with Gasteiger partial charge in [-0.15, -0.1) is 0 Å². The minimum absolute atomic E-state index is 0.227. The summed E-state index contributed by atoms with van der Waals surface area (Å²) in [5, 5.41) is 9.05. The van der Waals surface area contributed by atoms with Crippen LogP contribution in [0.25, 0.3) is 11.1 Å². The van der Waals surface area contributed by atoms with Gasteiger partial charge in [0.15, 0.2) is 0 Å². The van der Waals surface area contributed by atoms with Gasteiger partial charge in [0, 0.05) is 18.0 Å². The minimum Gasteiger partial charge on any atom is -0.490 e. The molecule has 1 aromatic carbocycles. The summed E-state index contributed by atoms with van der Waals surface area (Å²) in [7, 11) is 0. The average Bonchev–Trinajstić information content (AvgIpc) is 3.23. The molecule has 0 atom stereocenters. The van der Waals surface area contributed by atoms with Gasteiger partial charge >= 0.3 is 5.97 Å². The Hall–Kier alpha value is -2.36. The number of rotatable bonds is 4. The van der Waals surface area contributed by atoms with E-state index in [1.165, 1.54) is 0 Å². The molecule has 0 amide bonds. The molecule has 0 spiro atoms. The number of carboxylic acids is 1. The van der Waals surface area contributed by atoms with Crippen molar-refractivity contribution in [3.8, 4) is 16.9 Å². The molecule has 0 bridgehead atoms. The van der Waals surface area contributed by atoms with Gasteiger partial charge in [0.1, 0.15) is 5.75 Å². The van der Waals surface area contributed by atoms with Crippen LogP contribution in [0.2, 0.25) is 0 Å². The number of hydrogen-bond acceptors (Lipinski definition) is 3. The van der Waals surface area contributed by atoms with Gasteiger partial charge in [-0.25, -0.2) is 4.79 Å². The van der Waals surface area contributed by atoms with Gasteiger partial charge in [0.25, 0.3) is 0 Å². The molecule has 96 valence electrons. The van der Waals surface area contributed by atoms with Crippen molar-refractivity contribution in [2.75, 3.05) is 0 Å². The highest BCUT2D eigenvalue weighted by Gasteiger charge is 2.25. The fraction of sp³-hybridized carbons (Fsp3) is 0.200. The van der Waals surface area contributed by atoms with Crippen molar-refractivity contribution in [1.29, 1.82) is 0 Å². The summed E-state index contributed by atoms with van der Waals surface area (Å²) in [6.45, 7) is 0. The van der Waals surface area contributed by atoms with E-state index >= 15 is 0 Å².